The van der Waals surface area contributed by atoms with Crippen LogP contribution in [0.4, 0.5) is 0 Å². The van der Waals surface area contributed by atoms with E-state index < -0.39 is 16.1 Å². The molecule has 0 aromatic heterocycles. The molecule has 0 bridgehead atoms. The molecule has 0 unspecified atom stereocenters. The molecule has 1 aromatic rings. The summed E-state index contributed by atoms with van der Waals surface area (Å²) < 4.78 is 28.4. The first-order chi connectivity index (χ1) is 14.5. The summed E-state index contributed by atoms with van der Waals surface area (Å²) in [5.74, 6) is 0.607. The molecule has 2 amide bonds. The Kier molecular flexibility index (Phi) is 5.67. The third-order valence-corrected chi connectivity index (χ3v) is 10.9. The smallest absolute Gasteiger partial charge is 0.246 e. The molecule has 0 N–H and O–H groups in total. The summed E-state index contributed by atoms with van der Waals surface area (Å²) in [6, 6.07) is 1.59. The Morgan fingerprint density at radius 2 is 1.65 bits per heavy atom. The molecule has 4 rings (SSSR count). The van der Waals surface area contributed by atoms with E-state index in [0.717, 1.165) is 28.7 Å². The molecule has 0 spiro atoms. The molecule has 0 aliphatic carbocycles. The Balaban J connectivity index is 1.49. The van der Waals surface area contributed by atoms with Crippen LogP contribution in [0.15, 0.2) is 11.0 Å². The van der Waals surface area contributed by atoms with Crippen molar-refractivity contribution in [2.45, 2.75) is 63.3 Å². The second-order valence-electron chi connectivity index (χ2n) is 9.08. The van der Waals surface area contributed by atoms with Gasteiger partial charge in [0.1, 0.15) is 6.04 Å². The van der Waals surface area contributed by atoms with E-state index in [-0.39, 0.29) is 29.8 Å². The number of hydrogen-bond donors (Lipinski definition) is 0. The van der Waals surface area contributed by atoms with Crippen molar-refractivity contribution in [1.82, 2.24) is 14.1 Å². The van der Waals surface area contributed by atoms with E-state index in [1.807, 2.05) is 40.7 Å². The van der Waals surface area contributed by atoms with Crippen LogP contribution in [0.1, 0.15) is 42.0 Å². The van der Waals surface area contributed by atoms with Gasteiger partial charge in [0.25, 0.3) is 0 Å². The highest BCUT2D eigenvalue weighted by molar-refractivity contribution is 8.01. The zero-order chi connectivity index (χ0) is 22.7. The maximum atomic E-state index is 13.5. The number of carbonyl (C=O) groups is 2. The largest absolute Gasteiger partial charge is 0.338 e. The van der Waals surface area contributed by atoms with Crippen LogP contribution in [0.2, 0.25) is 0 Å². The highest BCUT2D eigenvalue weighted by Gasteiger charge is 2.53. The van der Waals surface area contributed by atoms with E-state index in [0.29, 0.717) is 30.2 Å². The number of aryl methyl sites for hydroxylation is 2. The van der Waals surface area contributed by atoms with E-state index in [4.69, 9.17) is 0 Å². The summed E-state index contributed by atoms with van der Waals surface area (Å²) in [5.41, 5.74) is 3.51. The summed E-state index contributed by atoms with van der Waals surface area (Å²) in [6.45, 7) is 10.9. The molecule has 3 heterocycles. The minimum Gasteiger partial charge on any atom is -0.338 e. The van der Waals surface area contributed by atoms with Gasteiger partial charge in [0.15, 0.2) is 0 Å². The zero-order valence-electron chi connectivity index (χ0n) is 18.9. The standard InChI is InChI=1S/C22H31N3O4S2/c1-14-12-15(2)17(4)20(16(14)3)31(28,29)24-10-8-23(9-11-24)21(27)18-13-30-22(5)7-6-19(26)25(18)22/h12,18H,6-11,13H2,1-5H3/t18-,22-/m1/s1. The van der Waals surface area contributed by atoms with Gasteiger partial charge in [-0.2, -0.15) is 4.31 Å². The topological polar surface area (TPSA) is 78.0 Å². The van der Waals surface area contributed by atoms with E-state index >= 15 is 0 Å². The highest BCUT2D eigenvalue weighted by Crippen LogP contribution is 2.47. The van der Waals surface area contributed by atoms with Gasteiger partial charge in [-0.1, -0.05) is 6.07 Å². The van der Waals surface area contributed by atoms with Gasteiger partial charge in [-0.3, -0.25) is 9.59 Å². The Labute approximate surface area is 189 Å². The summed E-state index contributed by atoms with van der Waals surface area (Å²) >= 11 is 1.68. The number of piperazine rings is 1. The maximum Gasteiger partial charge on any atom is 0.246 e. The summed E-state index contributed by atoms with van der Waals surface area (Å²) in [6.07, 6.45) is 1.27. The predicted octanol–water partition coefficient (Wildman–Crippen LogP) is 2.21. The van der Waals surface area contributed by atoms with Crippen molar-refractivity contribution >= 4 is 33.6 Å². The fourth-order valence-corrected chi connectivity index (χ4v) is 8.48. The fraction of sp³-hybridized carbons (Fsp3) is 0.636. The number of carbonyl (C=O) groups excluding carboxylic acids is 2. The minimum absolute atomic E-state index is 0.0489. The normalized spacial score (nSPS) is 27.1. The van der Waals surface area contributed by atoms with Crippen molar-refractivity contribution < 1.29 is 18.0 Å². The minimum atomic E-state index is -3.64. The Hall–Kier alpha value is -1.58. The average molecular weight is 466 g/mol. The van der Waals surface area contributed by atoms with Crippen molar-refractivity contribution in [2.24, 2.45) is 0 Å². The van der Waals surface area contributed by atoms with Gasteiger partial charge in [-0.25, -0.2) is 8.42 Å². The van der Waals surface area contributed by atoms with Crippen molar-refractivity contribution in [1.29, 1.82) is 0 Å². The molecule has 2 atom stereocenters. The summed E-state index contributed by atoms with van der Waals surface area (Å²) in [7, 11) is -3.64. The molecular weight excluding hydrogens is 434 g/mol. The molecule has 3 aliphatic heterocycles. The first-order valence-electron chi connectivity index (χ1n) is 10.8. The molecule has 1 aromatic carbocycles. The van der Waals surface area contributed by atoms with E-state index in [2.05, 4.69) is 0 Å². The first kappa shape index (κ1) is 22.6. The quantitative estimate of drug-likeness (QED) is 0.684. The molecule has 3 fully saturated rings. The van der Waals surface area contributed by atoms with Crippen LogP contribution < -0.4 is 0 Å². The maximum absolute atomic E-state index is 13.5. The lowest BCUT2D eigenvalue weighted by atomic mass is 10.0. The molecule has 3 aliphatic rings. The molecular formula is C22H31N3O4S2. The number of rotatable bonds is 3. The SMILES string of the molecule is Cc1cc(C)c(C)c(S(=O)(=O)N2CCN(C(=O)[C@H]3CS[C@]4(C)CCC(=O)N34)CC2)c1C. The Morgan fingerprint density at radius 3 is 2.23 bits per heavy atom. The number of fused-ring (bicyclic) bond motifs is 1. The monoisotopic (exact) mass is 465 g/mol. The Bertz CT molecular complexity index is 1020. The van der Waals surface area contributed by atoms with E-state index in [9.17, 15) is 18.0 Å². The number of hydrogen-bond acceptors (Lipinski definition) is 5. The fourth-order valence-electron chi connectivity index (χ4n) is 5.06. The van der Waals surface area contributed by atoms with Crippen LogP contribution in [0, 0.1) is 27.7 Å². The van der Waals surface area contributed by atoms with Crippen molar-refractivity contribution in [2.75, 3.05) is 31.9 Å². The molecule has 31 heavy (non-hydrogen) atoms. The van der Waals surface area contributed by atoms with Crippen LogP contribution in [-0.4, -0.2) is 77.2 Å². The van der Waals surface area contributed by atoms with Crippen molar-refractivity contribution in [3.05, 3.63) is 28.3 Å². The number of amides is 2. The van der Waals surface area contributed by atoms with E-state index in [1.54, 1.807) is 21.6 Å². The predicted molar refractivity (Wildman–Crippen MR) is 121 cm³/mol. The lowest BCUT2D eigenvalue weighted by molar-refractivity contribution is -0.144. The van der Waals surface area contributed by atoms with Crippen LogP contribution in [0.5, 0.6) is 0 Å². The number of benzene rings is 1. The molecule has 9 heteroatoms. The first-order valence-corrected chi connectivity index (χ1v) is 13.2. The lowest BCUT2D eigenvalue weighted by Crippen LogP contribution is -2.56. The van der Waals surface area contributed by atoms with Gasteiger partial charge >= 0.3 is 0 Å². The molecule has 7 nitrogen and oxygen atoms in total. The molecule has 0 radical (unpaired) electrons. The zero-order valence-corrected chi connectivity index (χ0v) is 20.5. The van der Waals surface area contributed by atoms with Crippen LogP contribution in [0.3, 0.4) is 0 Å². The van der Waals surface area contributed by atoms with Gasteiger partial charge in [0.2, 0.25) is 21.8 Å². The van der Waals surface area contributed by atoms with Crippen LogP contribution >= 0.6 is 11.8 Å². The van der Waals surface area contributed by atoms with Gasteiger partial charge in [-0.05, 0) is 63.3 Å². The molecule has 0 saturated carbocycles. The summed E-state index contributed by atoms with van der Waals surface area (Å²) in [4.78, 5) is 29.2. The number of nitrogens with zero attached hydrogens (tertiary/aromatic N) is 3. The van der Waals surface area contributed by atoms with Gasteiger partial charge < -0.3 is 9.80 Å². The van der Waals surface area contributed by atoms with Crippen LogP contribution in [-0.2, 0) is 19.6 Å². The number of sulfonamides is 1. The number of thioether (sulfide) groups is 1. The van der Waals surface area contributed by atoms with Crippen molar-refractivity contribution in [3.63, 3.8) is 0 Å². The van der Waals surface area contributed by atoms with Crippen molar-refractivity contribution in [3.8, 4) is 0 Å². The third kappa shape index (κ3) is 3.58. The van der Waals surface area contributed by atoms with Gasteiger partial charge in [0.05, 0.1) is 9.77 Å². The van der Waals surface area contributed by atoms with Gasteiger partial charge in [0, 0.05) is 38.4 Å². The highest BCUT2D eigenvalue weighted by atomic mass is 32.2. The molecule has 3 saturated heterocycles. The van der Waals surface area contributed by atoms with Gasteiger partial charge in [-0.15, -0.1) is 11.8 Å². The average Bonchev–Trinajstić information content (AvgIpc) is 3.22. The van der Waals surface area contributed by atoms with E-state index in [1.165, 1.54) is 4.31 Å². The Morgan fingerprint density at radius 1 is 1.06 bits per heavy atom. The molecule has 170 valence electrons. The summed E-state index contributed by atoms with van der Waals surface area (Å²) in [5, 5.41) is 0. The second kappa shape index (κ2) is 7.78. The lowest BCUT2D eigenvalue weighted by Gasteiger charge is -2.38. The second-order valence-corrected chi connectivity index (χ2v) is 12.5. The van der Waals surface area contributed by atoms with Crippen LogP contribution in [0.25, 0.3) is 0 Å². The third-order valence-electron chi connectivity index (χ3n) is 7.18.